The van der Waals surface area contributed by atoms with Crippen LogP contribution in [-0.2, 0) is 11.3 Å². The summed E-state index contributed by atoms with van der Waals surface area (Å²) in [5.41, 5.74) is 1.51. The molecule has 22 heavy (non-hydrogen) atoms. The van der Waals surface area contributed by atoms with Crippen molar-refractivity contribution in [3.8, 4) is 0 Å². The molecule has 0 aromatic heterocycles. The normalized spacial score (nSPS) is 11.9. The molecule has 0 spiro atoms. The van der Waals surface area contributed by atoms with E-state index in [9.17, 15) is 9.59 Å². The van der Waals surface area contributed by atoms with E-state index < -0.39 is 0 Å². The summed E-state index contributed by atoms with van der Waals surface area (Å²) >= 11 is 0. The maximum atomic E-state index is 12.0. The largest absolute Gasteiger partial charge is 0.383 e. The molecule has 0 saturated heterocycles. The first-order valence-corrected chi connectivity index (χ1v) is 7.35. The molecule has 0 saturated carbocycles. The quantitative estimate of drug-likeness (QED) is 0.717. The molecule has 1 aromatic carbocycles. The fourth-order valence-electron chi connectivity index (χ4n) is 1.87. The number of methoxy groups -OCH3 is 1. The standard InChI is InChI=1S/C16H25N3O3/c1-11(2)18-16(21)17-9-13-5-7-14(8-6-13)15(20)19-12(3)10-22-4/h5-8,11-12H,9-10H2,1-4H3,(H,19,20)(H2,17,18,21)/t12-/m0/s1. The monoisotopic (exact) mass is 307 g/mol. The van der Waals surface area contributed by atoms with Crippen LogP contribution in [0.5, 0.6) is 0 Å². The Hall–Kier alpha value is -2.08. The topological polar surface area (TPSA) is 79.5 Å². The van der Waals surface area contributed by atoms with E-state index in [1.165, 1.54) is 0 Å². The fourth-order valence-corrected chi connectivity index (χ4v) is 1.87. The van der Waals surface area contributed by atoms with Crippen molar-refractivity contribution < 1.29 is 14.3 Å². The van der Waals surface area contributed by atoms with E-state index >= 15 is 0 Å². The summed E-state index contributed by atoms with van der Waals surface area (Å²) in [6.07, 6.45) is 0. The first-order valence-electron chi connectivity index (χ1n) is 7.35. The van der Waals surface area contributed by atoms with Crippen LogP contribution in [-0.4, -0.2) is 37.7 Å². The van der Waals surface area contributed by atoms with Crippen LogP contribution in [0.1, 0.15) is 36.7 Å². The highest BCUT2D eigenvalue weighted by molar-refractivity contribution is 5.94. The Bertz CT molecular complexity index is 486. The number of hydrogen-bond acceptors (Lipinski definition) is 3. The molecule has 0 aliphatic heterocycles. The van der Waals surface area contributed by atoms with Gasteiger partial charge in [0.1, 0.15) is 0 Å². The molecule has 0 heterocycles. The lowest BCUT2D eigenvalue weighted by Gasteiger charge is -2.13. The van der Waals surface area contributed by atoms with Gasteiger partial charge in [0.05, 0.1) is 6.61 Å². The average Bonchev–Trinajstić information content (AvgIpc) is 2.45. The van der Waals surface area contributed by atoms with Gasteiger partial charge in [-0.1, -0.05) is 12.1 Å². The zero-order valence-corrected chi connectivity index (χ0v) is 13.6. The minimum atomic E-state index is -0.204. The summed E-state index contributed by atoms with van der Waals surface area (Å²) in [4.78, 5) is 23.5. The smallest absolute Gasteiger partial charge is 0.315 e. The molecule has 0 unspecified atom stereocenters. The van der Waals surface area contributed by atoms with E-state index in [0.717, 1.165) is 5.56 Å². The van der Waals surface area contributed by atoms with Gasteiger partial charge < -0.3 is 20.7 Å². The summed E-state index contributed by atoms with van der Waals surface area (Å²) in [5.74, 6) is -0.137. The Balaban J connectivity index is 2.49. The molecule has 0 bridgehead atoms. The third kappa shape index (κ3) is 6.58. The predicted octanol–water partition coefficient (Wildman–Crippen LogP) is 1.66. The van der Waals surface area contributed by atoms with Crippen molar-refractivity contribution in [2.75, 3.05) is 13.7 Å². The van der Waals surface area contributed by atoms with Crippen molar-refractivity contribution >= 4 is 11.9 Å². The van der Waals surface area contributed by atoms with Crippen molar-refractivity contribution in [3.63, 3.8) is 0 Å². The molecule has 6 nitrogen and oxygen atoms in total. The van der Waals surface area contributed by atoms with Crippen LogP contribution in [0, 0.1) is 0 Å². The van der Waals surface area contributed by atoms with Crippen LogP contribution in [0.2, 0.25) is 0 Å². The summed E-state index contributed by atoms with van der Waals surface area (Å²) in [5, 5.41) is 8.36. The van der Waals surface area contributed by atoms with Gasteiger partial charge in [-0.15, -0.1) is 0 Å². The van der Waals surface area contributed by atoms with Crippen molar-refractivity contribution in [2.45, 2.75) is 39.4 Å². The van der Waals surface area contributed by atoms with Crippen LogP contribution < -0.4 is 16.0 Å². The minimum absolute atomic E-state index is 0.0430. The van der Waals surface area contributed by atoms with Gasteiger partial charge in [0.15, 0.2) is 0 Å². The second-order valence-corrected chi connectivity index (χ2v) is 5.51. The maximum Gasteiger partial charge on any atom is 0.315 e. The fraction of sp³-hybridized carbons (Fsp3) is 0.500. The molecule has 3 amide bonds. The van der Waals surface area contributed by atoms with E-state index in [-0.39, 0.29) is 24.0 Å². The lowest BCUT2D eigenvalue weighted by molar-refractivity contribution is 0.0905. The van der Waals surface area contributed by atoms with Gasteiger partial charge in [-0.25, -0.2) is 4.79 Å². The second kappa shape index (κ2) is 9.04. The first-order chi connectivity index (χ1) is 10.4. The zero-order chi connectivity index (χ0) is 16.5. The number of nitrogens with one attached hydrogen (secondary N) is 3. The van der Waals surface area contributed by atoms with Gasteiger partial charge in [-0.05, 0) is 38.5 Å². The molecular formula is C16H25N3O3. The Morgan fingerprint density at radius 1 is 1.09 bits per heavy atom. The average molecular weight is 307 g/mol. The SMILES string of the molecule is COC[C@H](C)NC(=O)c1ccc(CNC(=O)NC(C)C)cc1. The molecule has 3 N–H and O–H groups in total. The molecule has 0 aliphatic carbocycles. The summed E-state index contributed by atoms with van der Waals surface area (Å²) < 4.78 is 4.98. The predicted molar refractivity (Wildman–Crippen MR) is 85.8 cm³/mol. The lowest BCUT2D eigenvalue weighted by atomic mass is 10.1. The summed E-state index contributed by atoms with van der Waals surface area (Å²) in [6, 6.07) is 6.99. The van der Waals surface area contributed by atoms with Crippen molar-refractivity contribution in [1.29, 1.82) is 0 Å². The lowest BCUT2D eigenvalue weighted by Crippen LogP contribution is -2.39. The van der Waals surface area contributed by atoms with Gasteiger partial charge in [0.2, 0.25) is 0 Å². The third-order valence-electron chi connectivity index (χ3n) is 2.88. The molecular weight excluding hydrogens is 282 g/mol. The highest BCUT2D eigenvalue weighted by Crippen LogP contribution is 2.05. The second-order valence-electron chi connectivity index (χ2n) is 5.51. The number of ether oxygens (including phenoxy) is 1. The third-order valence-corrected chi connectivity index (χ3v) is 2.88. The van der Waals surface area contributed by atoms with Crippen molar-refractivity contribution in [2.24, 2.45) is 0 Å². The highest BCUT2D eigenvalue weighted by atomic mass is 16.5. The number of hydrogen-bond donors (Lipinski definition) is 3. The Kier molecular flexibility index (Phi) is 7.39. The molecule has 1 aromatic rings. The van der Waals surface area contributed by atoms with Crippen LogP contribution in [0.4, 0.5) is 4.79 Å². The number of carbonyl (C=O) groups excluding carboxylic acids is 2. The number of carbonyl (C=O) groups is 2. The Morgan fingerprint density at radius 2 is 1.73 bits per heavy atom. The molecule has 0 aliphatic rings. The van der Waals surface area contributed by atoms with Crippen LogP contribution in [0.3, 0.4) is 0 Å². The summed E-state index contributed by atoms with van der Waals surface area (Å²) in [6.45, 7) is 6.57. The molecule has 6 heteroatoms. The van der Waals surface area contributed by atoms with E-state index in [2.05, 4.69) is 16.0 Å². The van der Waals surface area contributed by atoms with Crippen molar-refractivity contribution in [1.82, 2.24) is 16.0 Å². The van der Waals surface area contributed by atoms with Crippen molar-refractivity contribution in [3.05, 3.63) is 35.4 Å². The molecule has 122 valence electrons. The maximum absolute atomic E-state index is 12.0. The zero-order valence-electron chi connectivity index (χ0n) is 13.6. The van der Waals surface area contributed by atoms with Gasteiger partial charge >= 0.3 is 6.03 Å². The van der Waals surface area contributed by atoms with E-state index in [1.807, 2.05) is 32.9 Å². The molecule has 1 atom stereocenters. The van der Waals surface area contributed by atoms with Gasteiger partial charge in [-0.2, -0.15) is 0 Å². The van der Waals surface area contributed by atoms with E-state index in [0.29, 0.717) is 18.7 Å². The Labute approximate surface area is 131 Å². The van der Waals surface area contributed by atoms with Crippen LogP contribution >= 0.6 is 0 Å². The van der Waals surface area contributed by atoms with Gasteiger partial charge in [0.25, 0.3) is 5.91 Å². The van der Waals surface area contributed by atoms with Gasteiger partial charge in [-0.3, -0.25) is 4.79 Å². The molecule has 1 rings (SSSR count). The summed E-state index contributed by atoms with van der Waals surface area (Å²) in [7, 11) is 1.60. The van der Waals surface area contributed by atoms with Crippen LogP contribution in [0.25, 0.3) is 0 Å². The number of benzene rings is 1. The number of urea groups is 1. The Morgan fingerprint density at radius 3 is 2.27 bits per heavy atom. The van der Waals surface area contributed by atoms with Gasteiger partial charge in [0, 0.05) is 31.3 Å². The molecule has 0 fully saturated rings. The minimum Gasteiger partial charge on any atom is -0.383 e. The molecule has 0 radical (unpaired) electrons. The van der Waals surface area contributed by atoms with E-state index in [4.69, 9.17) is 4.74 Å². The van der Waals surface area contributed by atoms with E-state index in [1.54, 1.807) is 19.2 Å². The highest BCUT2D eigenvalue weighted by Gasteiger charge is 2.09. The number of amides is 3. The first kappa shape index (κ1) is 18.0. The number of rotatable bonds is 7. The van der Waals surface area contributed by atoms with Crippen LogP contribution in [0.15, 0.2) is 24.3 Å².